The number of hydrazine groups is 1. The van der Waals surface area contributed by atoms with Crippen LogP contribution < -0.4 is 21.9 Å². The van der Waals surface area contributed by atoms with Gasteiger partial charge in [0, 0.05) is 5.56 Å². The first-order valence-electron chi connectivity index (χ1n) is 9.87. The molecule has 0 unspecified atom stereocenters. The summed E-state index contributed by atoms with van der Waals surface area (Å²) >= 11 is 1.51. The molecule has 5 N–H and O–H groups in total. The number of thiazole rings is 1. The molecule has 0 bridgehead atoms. The van der Waals surface area contributed by atoms with Crippen molar-refractivity contribution in [3.63, 3.8) is 0 Å². The Labute approximate surface area is 187 Å². The fourth-order valence-corrected chi connectivity index (χ4v) is 4.35. The zero-order chi connectivity index (χ0) is 22.1. The van der Waals surface area contributed by atoms with E-state index in [1.54, 1.807) is 6.07 Å². The molecule has 2 heterocycles. The second-order valence-electron chi connectivity index (χ2n) is 7.21. The highest BCUT2D eigenvalue weighted by Gasteiger charge is 2.13. The average Bonchev–Trinajstić information content (AvgIpc) is 3.20. The van der Waals surface area contributed by atoms with Crippen molar-refractivity contribution in [3.8, 4) is 0 Å². The SMILES string of the molecule is Cc1ccc2nc(Nc3ncnc(NNC(=O)c4cccc5ccccc45)c3N)sc2c1. The van der Waals surface area contributed by atoms with Crippen molar-refractivity contribution in [3.05, 3.63) is 78.1 Å². The Morgan fingerprint density at radius 1 is 1.00 bits per heavy atom. The monoisotopic (exact) mass is 441 g/mol. The molecule has 9 heteroatoms. The van der Waals surface area contributed by atoms with E-state index in [2.05, 4.69) is 37.2 Å². The number of amides is 1. The molecule has 32 heavy (non-hydrogen) atoms. The van der Waals surface area contributed by atoms with E-state index in [4.69, 9.17) is 5.73 Å². The molecule has 0 radical (unpaired) electrons. The molecule has 0 fully saturated rings. The maximum absolute atomic E-state index is 12.8. The molecule has 5 rings (SSSR count). The minimum atomic E-state index is -0.295. The van der Waals surface area contributed by atoms with Crippen LogP contribution in [0.4, 0.5) is 22.5 Å². The Morgan fingerprint density at radius 2 is 1.81 bits per heavy atom. The molecular formula is C23H19N7OS. The first-order chi connectivity index (χ1) is 15.6. The van der Waals surface area contributed by atoms with Crippen molar-refractivity contribution in [1.29, 1.82) is 0 Å². The van der Waals surface area contributed by atoms with Gasteiger partial charge in [-0.1, -0.05) is 53.8 Å². The van der Waals surface area contributed by atoms with Gasteiger partial charge in [0.2, 0.25) is 0 Å². The number of carbonyl (C=O) groups is 1. The van der Waals surface area contributed by atoms with Gasteiger partial charge < -0.3 is 11.1 Å². The minimum absolute atomic E-state index is 0.265. The Balaban J connectivity index is 1.34. The summed E-state index contributed by atoms with van der Waals surface area (Å²) in [5.41, 5.74) is 14.6. The first kappa shape index (κ1) is 19.7. The van der Waals surface area contributed by atoms with Crippen LogP contribution in [-0.2, 0) is 0 Å². The van der Waals surface area contributed by atoms with Gasteiger partial charge in [-0.2, -0.15) is 0 Å². The summed E-state index contributed by atoms with van der Waals surface area (Å²) in [7, 11) is 0. The van der Waals surface area contributed by atoms with Crippen LogP contribution in [0.5, 0.6) is 0 Å². The molecule has 158 valence electrons. The summed E-state index contributed by atoms with van der Waals surface area (Å²) in [6, 6.07) is 19.4. The predicted molar refractivity (Wildman–Crippen MR) is 129 cm³/mol. The average molecular weight is 442 g/mol. The van der Waals surface area contributed by atoms with E-state index in [0.29, 0.717) is 16.5 Å². The van der Waals surface area contributed by atoms with Crippen molar-refractivity contribution >= 4 is 60.7 Å². The highest BCUT2D eigenvalue weighted by Crippen LogP contribution is 2.31. The van der Waals surface area contributed by atoms with E-state index in [0.717, 1.165) is 21.0 Å². The van der Waals surface area contributed by atoms with Gasteiger partial charge in [0.15, 0.2) is 16.8 Å². The van der Waals surface area contributed by atoms with Crippen LogP contribution in [0.2, 0.25) is 0 Å². The smallest absolute Gasteiger partial charge is 0.270 e. The quantitative estimate of drug-likeness (QED) is 0.294. The Morgan fingerprint density at radius 3 is 2.72 bits per heavy atom. The first-order valence-corrected chi connectivity index (χ1v) is 10.7. The van der Waals surface area contributed by atoms with Crippen LogP contribution in [0.25, 0.3) is 21.0 Å². The van der Waals surface area contributed by atoms with Crippen LogP contribution in [-0.4, -0.2) is 20.9 Å². The summed E-state index contributed by atoms with van der Waals surface area (Å²) in [6.07, 6.45) is 1.36. The lowest BCUT2D eigenvalue weighted by atomic mass is 10.0. The van der Waals surface area contributed by atoms with E-state index in [1.165, 1.54) is 23.2 Å². The van der Waals surface area contributed by atoms with Gasteiger partial charge in [-0.05, 0) is 41.5 Å². The number of nitrogens with two attached hydrogens (primary N) is 1. The number of anilines is 4. The van der Waals surface area contributed by atoms with Crippen LogP contribution in [0.1, 0.15) is 15.9 Å². The Bertz CT molecular complexity index is 1460. The molecule has 1 amide bonds. The molecule has 3 aromatic carbocycles. The zero-order valence-corrected chi connectivity index (χ0v) is 17.9. The number of aromatic nitrogens is 3. The number of fused-ring (bicyclic) bond motifs is 2. The highest BCUT2D eigenvalue weighted by atomic mass is 32.1. The number of benzene rings is 3. The van der Waals surface area contributed by atoms with E-state index in [-0.39, 0.29) is 17.4 Å². The molecule has 0 saturated heterocycles. The summed E-state index contributed by atoms with van der Waals surface area (Å²) in [5, 5.41) is 5.66. The molecule has 2 aromatic heterocycles. The molecule has 0 atom stereocenters. The van der Waals surface area contributed by atoms with E-state index < -0.39 is 0 Å². The van der Waals surface area contributed by atoms with Gasteiger partial charge in [0.05, 0.1) is 10.2 Å². The van der Waals surface area contributed by atoms with Crippen LogP contribution >= 0.6 is 11.3 Å². The summed E-state index contributed by atoms with van der Waals surface area (Å²) in [6.45, 7) is 2.04. The van der Waals surface area contributed by atoms with Crippen molar-refractivity contribution < 1.29 is 4.79 Å². The van der Waals surface area contributed by atoms with Crippen LogP contribution in [0.15, 0.2) is 67.0 Å². The number of nitrogen functional groups attached to an aromatic ring is 1. The molecule has 0 saturated carbocycles. The standard InChI is InChI=1S/C23H19N7OS/c1-13-9-10-17-18(11-13)32-23(27-17)28-20-19(24)21(26-12-25-20)29-30-22(31)16-8-4-6-14-5-2-3-7-15(14)16/h2-12H,24H2,1H3,(H,30,31)(H2,25,26,27,28,29). The fourth-order valence-electron chi connectivity index (χ4n) is 3.39. The predicted octanol–water partition coefficient (Wildman–Crippen LogP) is 4.63. The number of nitrogens with one attached hydrogen (secondary N) is 3. The van der Waals surface area contributed by atoms with Gasteiger partial charge in [0.25, 0.3) is 5.91 Å². The molecular weight excluding hydrogens is 422 g/mol. The second-order valence-corrected chi connectivity index (χ2v) is 8.24. The van der Waals surface area contributed by atoms with Gasteiger partial charge in [-0.25, -0.2) is 15.0 Å². The lowest BCUT2D eigenvalue weighted by molar-refractivity contribution is 0.0964. The molecule has 0 aliphatic heterocycles. The Hall–Kier alpha value is -4.24. The molecule has 5 aromatic rings. The summed E-state index contributed by atoms with van der Waals surface area (Å²) < 4.78 is 1.07. The highest BCUT2D eigenvalue weighted by molar-refractivity contribution is 7.22. The van der Waals surface area contributed by atoms with Crippen molar-refractivity contribution in [1.82, 2.24) is 20.4 Å². The maximum Gasteiger partial charge on any atom is 0.270 e. The molecule has 8 nitrogen and oxygen atoms in total. The van der Waals surface area contributed by atoms with Gasteiger partial charge >= 0.3 is 0 Å². The number of carbonyl (C=O) groups excluding carboxylic acids is 1. The topological polar surface area (TPSA) is 118 Å². The third-order valence-corrected chi connectivity index (χ3v) is 5.92. The van der Waals surface area contributed by atoms with E-state index >= 15 is 0 Å². The number of rotatable bonds is 5. The Kier molecular flexibility index (Phi) is 5.00. The number of nitrogens with zero attached hydrogens (tertiary/aromatic N) is 3. The van der Waals surface area contributed by atoms with Crippen LogP contribution in [0.3, 0.4) is 0 Å². The number of hydrogen-bond acceptors (Lipinski definition) is 8. The number of aryl methyl sites for hydroxylation is 1. The zero-order valence-electron chi connectivity index (χ0n) is 17.1. The summed E-state index contributed by atoms with van der Waals surface area (Å²) in [5.74, 6) is 0.390. The third kappa shape index (κ3) is 3.77. The lowest BCUT2D eigenvalue weighted by Crippen LogP contribution is -2.30. The fraction of sp³-hybridized carbons (Fsp3) is 0.0435. The van der Waals surface area contributed by atoms with Crippen LogP contribution in [0, 0.1) is 6.92 Å². The van der Waals surface area contributed by atoms with Gasteiger partial charge in [0.1, 0.15) is 12.0 Å². The largest absolute Gasteiger partial charge is 0.393 e. The van der Waals surface area contributed by atoms with Crippen molar-refractivity contribution in [2.24, 2.45) is 0 Å². The normalized spacial score (nSPS) is 10.9. The van der Waals surface area contributed by atoms with Gasteiger partial charge in [-0.3, -0.25) is 15.6 Å². The molecule has 0 aliphatic rings. The second kappa shape index (κ2) is 8.12. The minimum Gasteiger partial charge on any atom is -0.393 e. The molecule has 0 spiro atoms. The van der Waals surface area contributed by atoms with Crippen molar-refractivity contribution in [2.45, 2.75) is 6.92 Å². The summed E-state index contributed by atoms with van der Waals surface area (Å²) in [4.78, 5) is 25.7. The molecule has 0 aliphatic carbocycles. The van der Waals surface area contributed by atoms with Gasteiger partial charge in [-0.15, -0.1) is 0 Å². The number of hydrogen-bond donors (Lipinski definition) is 4. The third-order valence-electron chi connectivity index (χ3n) is 4.98. The van der Waals surface area contributed by atoms with E-state index in [9.17, 15) is 4.79 Å². The van der Waals surface area contributed by atoms with Crippen molar-refractivity contribution in [2.75, 3.05) is 16.5 Å². The van der Waals surface area contributed by atoms with E-state index in [1.807, 2.05) is 55.5 Å². The lowest BCUT2D eigenvalue weighted by Gasteiger charge is -2.13. The maximum atomic E-state index is 12.8.